The molecule has 2 aromatic carbocycles. The van der Waals surface area contributed by atoms with Gasteiger partial charge in [0, 0.05) is 24.5 Å². The van der Waals surface area contributed by atoms with E-state index in [4.69, 9.17) is 10.5 Å². The number of rotatable bonds is 5. The third-order valence-corrected chi connectivity index (χ3v) is 3.60. The predicted molar refractivity (Wildman–Crippen MR) is 84.7 cm³/mol. The fourth-order valence-electron chi connectivity index (χ4n) is 2.27. The summed E-state index contributed by atoms with van der Waals surface area (Å²) in [7, 11) is 3.73. The van der Waals surface area contributed by atoms with E-state index in [1.54, 1.807) is 7.11 Å². The van der Waals surface area contributed by atoms with Gasteiger partial charge in [-0.1, -0.05) is 25.1 Å². The Morgan fingerprint density at radius 1 is 1.10 bits per heavy atom. The smallest absolute Gasteiger partial charge is 0.119 e. The lowest BCUT2D eigenvalue weighted by Crippen LogP contribution is -2.16. The second-order valence-electron chi connectivity index (χ2n) is 4.83. The van der Waals surface area contributed by atoms with Crippen LogP contribution in [0.15, 0.2) is 48.5 Å². The molecule has 106 valence electrons. The second-order valence-corrected chi connectivity index (χ2v) is 4.83. The molecule has 1 unspecified atom stereocenters. The van der Waals surface area contributed by atoms with Crippen molar-refractivity contribution < 1.29 is 4.74 Å². The van der Waals surface area contributed by atoms with Gasteiger partial charge in [-0.15, -0.1) is 0 Å². The first kappa shape index (κ1) is 14.4. The third kappa shape index (κ3) is 2.94. The summed E-state index contributed by atoms with van der Waals surface area (Å²) < 4.78 is 5.20. The topological polar surface area (TPSA) is 38.5 Å². The lowest BCUT2D eigenvalue weighted by molar-refractivity contribution is 0.415. The fourth-order valence-corrected chi connectivity index (χ4v) is 2.27. The summed E-state index contributed by atoms with van der Waals surface area (Å²) in [4.78, 5) is 2.16. The highest BCUT2D eigenvalue weighted by Crippen LogP contribution is 2.31. The van der Waals surface area contributed by atoms with Gasteiger partial charge in [0.05, 0.1) is 7.11 Å². The number of hydrogen-bond acceptors (Lipinski definition) is 3. The molecule has 0 aliphatic carbocycles. The van der Waals surface area contributed by atoms with Crippen LogP contribution in [0.25, 0.3) is 0 Å². The highest BCUT2D eigenvalue weighted by molar-refractivity contribution is 5.66. The van der Waals surface area contributed by atoms with Crippen LogP contribution in [-0.4, -0.2) is 14.2 Å². The molecule has 0 aromatic heterocycles. The van der Waals surface area contributed by atoms with Crippen molar-refractivity contribution in [1.29, 1.82) is 0 Å². The van der Waals surface area contributed by atoms with Gasteiger partial charge in [-0.2, -0.15) is 0 Å². The number of para-hydroxylation sites is 1. The molecule has 0 saturated carbocycles. The van der Waals surface area contributed by atoms with E-state index >= 15 is 0 Å². The van der Waals surface area contributed by atoms with Crippen LogP contribution in [0.1, 0.15) is 24.9 Å². The van der Waals surface area contributed by atoms with Crippen LogP contribution in [0, 0.1) is 0 Å². The summed E-state index contributed by atoms with van der Waals surface area (Å²) in [6.07, 6.45) is 0.924. The number of benzene rings is 2. The fraction of sp³-hybridized carbons (Fsp3) is 0.294. The molecule has 2 N–H and O–H groups in total. The van der Waals surface area contributed by atoms with Gasteiger partial charge >= 0.3 is 0 Å². The quantitative estimate of drug-likeness (QED) is 0.896. The van der Waals surface area contributed by atoms with E-state index < -0.39 is 0 Å². The van der Waals surface area contributed by atoms with Gasteiger partial charge in [0.2, 0.25) is 0 Å². The summed E-state index contributed by atoms with van der Waals surface area (Å²) >= 11 is 0. The van der Waals surface area contributed by atoms with Crippen molar-refractivity contribution in [3.05, 3.63) is 54.1 Å². The zero-order valence-corrected chi connectivity index (χ0v) is 12.3. The van der Waals surface area contributed by atoms with Crippen molar-refractivity contribution >= 4 is 11.4 Å². The van der Waals surface area contributed by atoms with E-state index in [0.717, 1.165) is 23.5 Å². The first-order chi connectivity index (χ1) is 9.67. The average Bonchev–Trinajstić information content (AvgIpc) is 2.53. The zero-order valence-electron chi connectivity index (χ0n) is 12.3. The highest BCUT2D eigenvalue weighted by Gasteiger charge is 2.13. The predicted octanol–water partition coefficient (Wildman–Crippen LogP) is 3.87. The van der Waals surface area contributed by atoms with Crippen LogP contribution in [0.4, 0.5) is 11.4 Å². The molecule has 0 saturated heterocycles. The standard InChI is InChI=1S/C17H22N2O/c1-4-16(18)15-7-5-6-8-17(15)19(2)13-9-11-14(20-3)12-10-13/h5-12,16H,4,18H2,1-3H3. The number of nitrogens with zero attached hydrogens (tertiary/aromatic N) is 1. The molecule has 0 aliphatic rings. The van der Waals surface area contributed by atoms with Gasteiger partial charge in [0.1, 0.15) is 5.75 Å². The van der Waals surface area contributed by atoms with Crippen molar-refractivity contribution in [2.24, 2.45) is 5.73 Å². The van der Waals surface area contributed by atoms with E-state index in [1.165, 1.54) is 5.56 Å². The highest BCUT2D eigenvalue weighted by atomic mass is 16.5. The van der Waals surface area contributed by atoms with Gasteiger partial charge in [-0.3, -0.25) is 0 Å². The molecule has 0 heterocycles. The minimum atomic E-state index is 0.0619. The molecule has 20 heavy (non-hydrogen) atoms. The largest absolute Gasteiger partial charge is 0.497 e. The van der Waals surface area contributed by atoms with Gasteiger partial charge in [0.25, 0.3) is 0 Å². The van der Waals surface area contributed by atoms with E-state index in [-0.39, 0.29) is 6.04 Å². The van der Waals surface area contributed by atoms with Gasteiger partial charge in [0.15, 0.2) is 0 Å². The Labute approximate surface area is 121 Å². The zero-order chi connectivity index (χ0) is 14.5. The van der Waals surface area contributed by atoms with Crippen molar-refractivity contribution in [2.45, 2.75) is 19.4 Å². The summed E-state index contributed by atoms with van der Waals surface area (Å²) in [5.74, 6) is 0.862. The SMILES string of the molecule is CCC(N)c1ccccc1N(C)c1ccc(OC)cc1. The van der Waals surface area contributed by atoms with Crippen LogP contribution in [0.2, 0.25) is 0 Å². The lowest BCUT2D eigenvalue weighted by atomic mass is 10.0. The summed E-state index contributed by atoms with van der Waals surface area (Å²) in [6.45, 7) is 2.11. The maximum absolute atomic E-state index is 6.21. The molecule has 3 nitrogen and oxygen atoms in total. The average molecular weight is 270 g/mol. The summed E-state index contributed by atoms with van der Waals surface area (Å²) in [5.41, 5.74) is 9.64. The van der Waals surface area contributed by atoms with E-state index in [1.807, 2.05) is 36.4 Å². The van der Waals surface area contributed by atoms with Crippen molar-refractivity contribution in [2.75, 3.05) is 19.1 Å². The Morgan fingerprint density at radius 2 is 1.75 bits per heavy atom. The molecular formula is C17H22N2O. The van der Waals surface area contributed by atoms with Crippen molar-refractivity contribution in [3.63, 3.8) is 0 Å². The van der Waals surface area contributed by atoms with Gasteiger partial charge < -0.3 is 15.4 Å². The number of ether oxygens (including phenoxy) is 1. The molecule has 3 heteroatoms. The molecule has 0 radical (unpaired) electrons. The molecule has 0 fully saturated rings. The molecule has 2 aromatic rings. The van der Waals surface area contributed by atoms with Gasteiger partial charge in [-0.25, -0.2) is 0 Å². The third-order valence-electron chi connectivity index (χ3n) is 3.60. The van der Waals surface area contributed by atoms with Gasteiger partial charge in [-0.05, 0) is 42.3 Å². The summed E-state index contributed by atoms with van der Waals surface area (Å²) in [6, 6.07) is 16.4. The molecule has 0 amide bonds. The maximum Gasteiger partial charge on any atom is 0.119 e. The molecule has 2 rings (SSSR count). The number of nitrogens with two attached hydrogens (primary N) is 1. The Balaban J connectivity index is 2.34. The van der Waals surface area contributed by atoms with Crippen LogP contribution in [-0.2, 0) is 0 Å². The minimum absolute atomic E-state index is 0.0619. The van der Waals surface area contributed by atoms with E-state index in [9.17, 15) is 0 Å². The van der Waals surface area contributed by atoms with Crippen molar-refractivity contribution in [1.82, 2.24) is 0 Å². The van der Waals surface area contributed by atoms with E-state index in [0.29, 0.717) is 0 Å². The number of anilines is 2. The molecule has 0 bridgehead atoms. The monoisotopic (exact) mass is 270 g/mol. The first-order valence-electron chi connectivity index (χ1n) is 6.89. The Hall–Kier alpha value is -2.00. The first-order valence-corrected chi connectivity index (χ1v) is 6.89. The minimum Gasteiger partial charge on any atom is -0.497 e. The Bertz CT molecular complexity index is 551. The lowest BCUT2D eigenvalue weighted by Gasteiger charge is -2.25. The second kappa shape index (κ2) is 6.44. The van der Waals surface area contributed by atoms with Crippen LogP contribution < -0.4 is 15.4 Å². The van der Waals surface area contributed by atoms with Crippen LogP contribution >= 0.6 is 0 Å². The van der Waals surface area contributed by atoms with Crippen molar-refractivity contribution in [3.8, 4) is 5.75 Å². The Kier molecular flexibility index (Phi) is 4.64. The normalized spacial score (nSPS) is 12.0. The van der Waals surface area contributed by atoms with Crippen LogP contribution in [0.5, 0.6) is 5.75 Å². The summed E-state index contributed by atoms with van der Waals surface area (Å²) in [5, 5.41) is 0. The molecule has 1 atom stereocenters. The molecule has 0 aliphatic heterocycles. The van der Waals surface area contributed by atoms with Crippen LogP contribution in [0.3, 0.4) is 0 Å². The van der Waals surface area contributed by atoms with E-state index in [2.05, 4.69) is 31.0 Å². The number of hydrogen-bond donors (Lipinski definition) is 1. The Morgan fingerprint density at radius 3 is 2.35 bits per heavy atom. The number of methoxy groups -OCH3 is 1. The molecule has 0 spiro atoms. The maximum atomic E-state index is 6.21. The molecular weight excluding hydrogens is 248 g/mol.